The second-order valence-electron chi connectivity index (χ2n) is 5.98. The van der Waals surface area contributed by atoms with Crippen molar-refractivity contribution in [2.24, 2.45) is 7.05 Å². The molecule has 0 saturated heterocycles. The summed E-state index contributed by atoms with van der Waals surface area (Å²) in [7, 11) is 1.66. The van der Waals surface area contributed by atoms with Crippen molar-refractivity contribution in [2.75, 3.05) is 13.1 Å². The van der Waals surface area contributed by atoms with E-state index in [1.54, 1.807) is 25.5 Å². The highest BCUT2D eigenvalue weighted by Gasteiger charge is 2.14. The second-order valence-corrected chi connectivity index (χ2v) is 5.98. The number of rotatable bonds is 6. The van der Waals surface area contributed by atoms with Gasteiger partial charge in [-0.25, -0.2) is 4.79 Å². The van der Waals surface area contributed by atoms with Crippen molar-refractivity contribution < 1.29 is 9.21 Å². The molecule has 1 amide bonds. The molecule has 1 aromatic carbocycles. The molecule has 0 N–H and O–H groups in total. The minimum atomic E-state index is -0.397. The maximum absolute atomic E-state index is 12.6. The van der Waals surface area contributed by atoms with Gasteiger partial charge < -0.3 is 9.32 Å². The number of carbonyl (C=O) groups is 1. The van der Waals surface area contributed by atoms with Gasteiger partial charge in [-0.05, 0) is 48.7 Å². The van der Waals surface area contributed by atoms with Gasteiger partial charge in [-0.3, -0.25) is 14.3 Å². The number of hydrogen-bond acceptors (Lipinski definition) is 4. The summed E-state index contributed by atoms with van der Waals surface area (Å²) in [6.45, 7) is 3.32. The Bertz CT molecular complexity index is 928. The van der Waals surface area contributed by atoms with Crippen LogP contribution in [0.1, 0.15) is 18.1 Å². The van der Waals surface area contributed by atoms with Gasteiger partial charge in [0, 0.05) is 32.5 Å². The van der Waals surface area contributed by atoms with E-state index in [4.69, 9.17) is 4.42 Å². The molecule has 0 atom stereocenters. The predicted octanol–water partition coefficient (Wildman–Crippen LogP) is 2.16. The SMILES string of the molecule is CCN(CCc1ccncc1)C(=O)Cc1ccc2oc(=O)n(C)c2c1. The van der Waals surface area contributed by atoms with Crippen LogP contribution < -0.4 is 5.76 Å². The quantitative estimate of drug-likeness (QED) is 0.690. The maximum Gasteiger partial charge on any atom is 0.419 e. The minimum Gasteiger partial charge on any atom is -0.408 e. The topological polar surface area (TPSA) is 68.3 Å². The Morgan fingerprint density at radius 2 is 1.96 bits per heavy atom. The zero-order valence-corrected chi connectivity index (χ0v) is 14.4. The van der Waals surface area contributed by atoms with E-state index in [1.807, 2.05) is 36.1 Å². The van der Waals surface area contributed by atoms with Crippen LogP contribution in [0.2, 0.25) is 0 Å². The first-order valence-corrected chi connectivity index (χ1v) is 8.33. The summed E-state index contributed by atoms with van der Waals surface area (Å²) >= 11 is 0. The van der Waals surface area contributed by atoms with Crippen molar-refractivity contribution in [1.82, 2.24) is 14.5 Å². The van der Waals surface area contributed by atoms with Gasteiger partial charge in [0.05, 0.1) is 11.9 Å². The molecule has 0 aliphatic heterocycles. The van der Waals surface area contributed by atoms with E-state index < -0.39 is 5.76 Å². The fourth-order valence-electron chi connectivity index (χ4n) is 2.84. The zero-order valence-electron chi connectivity index (χ0n) is 14.4. The monoisotopic (exact) mass is 339 g/mol. The fraction of sp³-hybridized carbons (Fsp3) is 0.316. The lowest BCUT2D eigenvalue weighted by Crippen LogP contribution is -2.33. The van der Waals surface area contributed by atoms with E-state index in [0.29, 0.717) is 30.6 Å². The number of carbonyl (C=O) groups excluding carboxylic acids is 1. The summed E-state index contributed by atoms with van der Waals surface area (Å²) in [6.07, 6.45) is 4.63. The Morgan fingerprint density at radius 1 is 1.20 bits per heavy atom. The van der Waals surface area contributed by atoms with E-state index in [-0.39, 0.29) is 5.91 Å². The van der Waals surface area contributed by atoms with Crippen molar-refractivity contribution >= 4 is 17.0 Å². The summed E-state index contributed by atoms with van der Waals surface area (Å²) in [5.74, 6) is -0.324. The number of aryl methyl sites for hydroxylation is 1. The first-order chi connectivity index (χ1) is 12.1. The molecule has 25 heavy (non-hydrogen) atoms. The average molecular weight is 339 g/mol. The first kappa shape index (κ1) is 17.0. The van der Waals surface area contributed by atoms with E-state index in [9.17, 15) is 9.59 Å². The van der Waals surface area contributed by atoms with Gasteiger partial charge in [0.15, 0.2) is 5.58 Å². The Hall–Kier alpha value is -2.89. The van der Waals surface area contributed by atoms with Gasteiger partial charge in [0.2, 0.25) is 5.91 Å². The van der Waals surface area contributed by atoms with Crippen molar-refractivity contribution in [1.29, 1.82) is 0 Å². The van der Waals surface area contributed by atoms with Crippen LogP contribution in [0.25, 0.3) is 11.1 Å². The highest BCUT2D eigenvalue weighted by Crippen LogP contribution is 2.15. The van der Waals surface area contributed by atoms with Gasteiger partial charge in [0.25, 0.3) is 0 Å². The number of amides is 1. The summed E-state index contributed by atoms with van der Waals surface area (Å²) in [4.78, 5) is 30.0. The molecule has 3 rings (SSSR count). The minimum absolute atomic E-state index is 0.0735. The molecule has 6 heteroatoms. The molecule has 0 bridgehead atoms. The lowest BCUT2D eigenvalue weighted by Gasteiger charge is -2.21. The fourth-order valence-corrected chi connectivity index (χ4v) is 2.84. The number of benzene rings is 1. The van der Waals surface area contributed by atoms with Gasteiger partial charge >= 0.3 is 5.76 Å². The maximum atomic E-state index is 12.6. The average Bonchev–Trinajstić information content (AvgIpc) is 2.91. The third-order valence-electron chi connectivity index (χ3n) is 4.37. The van der Waals surface area contributed by atoms with Crippen molar-refractivity contribution in [3.8, 4) is 0 Å². The standard InChI is InChI=1S/C19H21N3O3/c1-3-22(11-8-14-6-9-20-10-7-14)18(23)13-15-4-5-17-16(12-15)21(2)19(24)25-17/h4-7,9-10,12H,3,8,11,13H2,1-2H3. The summed E-state index contributed by atoms with van der Waals surface area (Å²) < 4.78 is 6.57. The van der Waals surface area contributed by atoms with Crippen LogP contribution in [-0.2, 0) is 24.7 Å². The van der Waals surface area contributed by atoms with Gasteiger partial charge in [-0.15, -0.1) is 0 Å². The molecular formula is C19H21N3O3. The molecule has 0 aliphatic rings. The zero-order chi connectivity index (χ0) is 17.8. The van der Waals surface area contributed by atoms with E-state index in [1.165, 1.54) is 4.57 Å². The molecule has 0 fully saturated rings. The van der Waals surface area contributed by atoms with Crippen LogP contribution in [0.15, 0.2) is 51.9 Å². The highest BCUT2D eigenvalue weighted by molar-refractivity contribution is 5.81. The molecule has 0 unspecified atom stereocenters. The van der Waals surface area contributed by atoms with E-state index >= 15 is 0 Å². The predicted molar refractivity (Wildman–Crippen MR) is 95.4 cm³/mol. The van der Waals surface area contributed by atoms with E-state index in [0.717, 1.165) is 17.5 Å². The third kappa shape index (κ3) is 3.79. The van der Waals surface area contributed by atoms with Crippen LogP contribution in [-0.4, -0.2) is 33.4 Å². The molecule has 0 saturated carbocycles. The molecule has 0 radical (unpaired) electrons. The highest BCUT2D eigenvalue weighted by atomic mass is 16.4. The van der Waals surface area contributed by atoms with Crippen molar-refractivity contribution in [2.45, 2.75) is 19.8 Å². The Balaban J connectivity index is 1.69. The summed E-state index contributed by atoms with van der Waals surface area (Å²) in [6, 6.07) is 9.35. The van der Waals surface area contributed by atoms with Gasteiger partial charge in [-0.2, -0.15) is 0 Å². The van der Waals surface area contributed by atoms with Crippen LogP contribution in [0.4, 0.5) is 0 Å². The molecule has 130 valence electrons. The van der Waals surface area contributed by atoms with Crippen molar-refractivity contribution in [3.05, 3.63) is 64.4 Å². The molecule has 0 spiro atoms. The number of likely N-dealkylation sites (N-methyl/N-ethyl adjacent to an activating group) is 1. The largest absolute Gasteiger partial charge is 0.419 e. The number of pyridine rings is 1. The molecule has 3 aromatic rings. The van der Waals surface area contributed by atoms with Crippen LogP contribution in [0, 0.1) is 0 Å². The Labute approximate surface area is 145 Å². The molecular weight excluding hydrogens is 318 g/mol. The van der Waals surface area contributed by atoms with Gasteiger partial charge in [-0.1, -0.05) is 6.07 Å². The summed E-state index contributed by atoms with van der Waals surface area (Å²) in [5, 5.41) is 0. The first-order valence-electron chi connectivity index (χ1n) is 8.33. The lowest BCUT2D eigenvalue weighted by molar-refractivity contribution is -0.130. The smallest absolute Gasteiger partial charge is 0.408 e. The molecule has 2 heterocycles. The van der Waals surface area contributed by atoms with Crippen LogP contribution >= 0.6 is 0 Å². The van der Waals surface area contributed by atoms with Gasteiger partial charge in [0.1, 0.15) is 0 Å². The van der Waals surface area contributed by atoms with Crippen LogP contribution in [0.5, 0.6) is 0 Å². The third-order valence-corrected chi connectivity index (χ3v) is 4.37. The van der Waals surface area contributed by atoms with E-state index in [2.05, 4.69) is 4.98 Å². The number of fused-ring (bicyclic) bond motifs is 1. The number of oxazole rings is 1. The molecule has 0 aliphatic carbocycles. The Morgan fingerprint density at radius 3 is 2.68 bits per heavy atom. The molecule has 6 nitrogen and oxygen atoms in total. The summed E-state index contributed by atoms with van der Waals surface area (Å²) in [5.41, 5.74) is 3.27. The lowest BCUT2D eigenvalue weighted by atomic mass is 10.1. The normalized spacial score (nSPS) is 11.0. The second kappa shape index (κ2) is 7.34. The van der Waals surface area contributed by atoms with Crippen molar-refractivity contribution in [3.63, 3.8) is 0 Å². The Kier molecular flexibility index (Phi) is 4.97. The van der Waals surface area contributed by atoms with Crippen LogP contribution in [0.3, 0.4) is 0 Å². The number of hydrogen-bond donors (Lipinski definition) is 0. The number of nitrogens with zero attached hydrogens (tertiary/aromatic N) is 3. The number of aromatic nitrogens is 2. The molecule has 2 aromatic heterocycles.